The van der Waals surface area contributed by atoms with Crippen molar-refractivity contribution in [2.24, 2.45) is 0 Å². The minimum Gasteiger partial charge on any atom is -0.356 e. The summed E-state index contributed by atoms with van der Waals surface area (Å²) in [4.78, 5) is 1.54. The molecule has 4 heteroatoms. The van der Waals surface area contributed by atoms with Gasteiger partial charge >= 0.3 is 0 Å². The molecule has 2 rings (SSSR count). The maximum absolute atomic E-state index is 5.51. The Balaban J connectivity index is 1.95. The van der Waals surface area contributed by atoms with Gasteiger partial charge < -0.3 is 15.5 Å². The maximum atomic E-state index is 5.51. The highest BCUT2D eigenvalue weighted by molar-refractivity contribution is 7.80. The van der Waals surface area contributed by atoms with Gasteiger partial charge in [0.25, 0.3) is 0 Å². The van der Waals surface area contributed by atoms with Gasteiger partial charge in [-0.25, -0.2) is 0 Å². The van der Waals surface area contributed by atoms with Crippen LogP contribution in [-0.4, -0.2) is 31.3 Å². The first-order valence-electron chi connectivity index (χ1n) is 8.36. The van der Waals surface area contributed by atoms with Gasteiger partial charge in [0.1, 0.15) is 5.54 Å². The number of benzene rings is 1. The van der Waals surface area contributed by atoms with E-state index in [1.54, 1.807) is 0 Å². The van der Waals surface area contributed by atoms with Gasteiger partial charge in [0.05, 0.1) is 20.6 Å². The Morgan fingerprint density at radius 1 is 1.18 bits per heavy atom. The molecular weight excluding hydrogens is 290 g/mol. The number of rotatable bonds is 4. The second-order valence-corrected chi connectivity index (χ2v) is 7.38. The highest BCUT2D eigenvalue weighted by Gasteiger charge is 2.37. The molecule has 1 saturated carbocycles. The third-order valence-corrected chi connectivity index (χ3v) is 5.35. The van der Waals surface area contributed by atoms with Crippen molar-refractivity contribution in [3.05, 3.63) is 29.3 Å². The van der Waals surface area contributed by atoms with Crippen LogP contribution in [0.2, 0.25) is 0 Å². The molecule has 1 fully saturated rings. The van der Waals surface area contributed by atoms with Crippen LogP contribution in [0, 0.1) is 13.8 Å². The Morgan fingerprint density at radius 2 is 1.86 bits per heavy atom. The normalized spacial score (nSPS) is 17.3. The molecule has 3 N–H and O–H groups in total. The molecule has 0 heterocycles. The molecule has 122 valence electrons. The smallest absolute Gasteiger partial charge is 0.171 e. The van der Waals surface area contributed by atoms with E-state index >= 15 is 0 Å². The number of aryl methyl sites for hydroxylation is 2. The van der Waals surface area contributed by atoms with Gasteiger partial charge in [0.15, 0.2) is 5.11 Å². The number of anilines is 1. The first-order valence-corrected chi connectivity index (χ1v) is 8.76. The molecule has 0 amide bonds. The van der Waals surface area contributed by atoms with E-state index in [2.05, 4.69) is 56.8 Å². The molecule has 0 spiro atoms. The lowest BCUT2D eigenvalue weighted by Gasteiger charge is -2.40. The first-order chi connectivity index (χ1) is 10.4. The zero-order chi connectivity index (χ0) is 16.2. The monoisotopic (exact) mass is 320 g/mol. The summed E-state index contributed by atoms with van der Waals surface area (Å²) in [6.07, 6.45) is 6.62. The van der Waals surface area contributed by atoms with Crippen molar-refractivity contribution >= 4 is 23.0 Å². The van der Waals surface area contributed by atoms with E-state index in [0.29, 0.717) is 5.54 Å². The molecule has 0 unspecified atom stereocenters. The van der Waals surface area contributed by atoms with Crippen molar-refractivity contribution < 1.29 is 4.90 Å². The van der Waals surface area contributed by atoms with E-state index in [9.17, 15) is 0 Å². The highest BCUT2D eigenvalue weighted by Crippen LogP contribution is 2.25. The van der Waals surface area contributed by atoms with Gasteiger partial charge in [-0.3, -0.25) is 0 Å². The van der Waals surface area contributed by atoms with Crippen molar-refractivity contribution in [1.29, 1.82) is 0 Å². The van der Waals surface area contributed by atoms with Gasteiger partial charge in [-0.2, -0.15) is 0 Å². The Morgan fingerprint density at radius 3 is 2.50 bits per heavy atom. The topological polar surface area (TPSA) is 28.5 Å². The molecule has 1 aliphatic carbocycles. The average Bonchev–Trinajstić information content (AvgIpc) is 2.50. The number of hydrogen-bond acceptors (Lipinski definition) is 1. The third kappa shape index (κ3) is 4.20. The molecule has 0 aromatic heterocycles. The van der Waals surface area contributed by atoms with Crippen LogP contribution in [-0.2, 0) is 0 Å². The van der Waals surface area contributed by atoms with E-state index in [-0.39, 0.29) is 0 Å². The first kappa shape index (κ1) is 17.2. The number of nitrogens with one attached hydrogen (secondary N) is 3. The van der Waals surface area contributed by atoms with E-state index in [1.165, 1.54) is 48.1 Å². The summed E-state index contributed by atoms with van der Waals surface area (Å²) in [6, 6.07) is 6.41. The molecule has 22 heavy (non-hydrogen) atoms. The fraction of sp³-hybridized carbons (Fsp3) is 0.611. The quantitative estimate of drug-likeness (QED) is 0.744. The standard InChI is InChI=1S/C18H29N3S/c1-14-8-9-15(2)16(12-14)20-17(22)19-13-18(21(3)4)10-6-5-7-11-18/h8-9,12H,5-7,10-11,13H2,1-4H3,(H2,19,20,22)/p+1. The Kier molecular flexibility index (Phi) is 5.81. The zero-order valence-corrected chi connectivity index (χ0v) is 15.2. The van der Waals surface area contributed by atoms with E-state index in [4.69, 9.17) is 12.2 Å². The summed E-state index contributed by atoms with van der Waals surface area (Å²) in [6.45, 7) is 5.16. The molecule has 1 aliphatic rings. The van der Waals surface area contributed by atoms with Gasteiger partial charge in [-0.05, 0) is 56.1 Å². The largest absolute Gasteiger partial charge is 0.356 e. The van der Waals surface area contributed by atoms with Crippen molar-refractivity contribution in [3.63, 3.8) is 0 Å². The van der Waals surface area contributed by atoms with Crippen molar-refractivity contribution in [2.45, 2.75) is 51.5 Å². The van der Waals surface area contributed by atoms with Crippen molar-refractivity contribution in [1.82, 2.24) is 5.32 Å². The van der Waals surface area contributed by atoms with Crippen LogP contribution in [0.3, 0.4) is 0 Å². The van der Waals surface area contributed by atoms with E-state index in [1.807, 2.05) is 0 Å². The zero-order valence-electron chi connectivity index (χ0n) is 14.4. The number of hydrogen-bond donors (Lipinski definition) is 3. The Hall–Kier alpha value is -1.13. The second-order valence-electron chi connectivity index (χ2n) is 6.97. The van der Waals surface area contributed by atoms with Crippen LogP contribution >= 0.6 is 12.2 Å². The van der Waals surface area contributed by atoms with E-state index < -0.39 is 0 Å². The summed E-state index contributed by atoms with van der Waals surface area (Å²) in [5.41, 5.74) is 3.90. The average molecular weight is 321 g/mol. The SMILES string of the molecule is Cc1ccc(C)c(NC(=S)NCC2([NH+](C)C)CCCCC2)c1. The molecule has 0 saturated heterocycles. The minimum absolute atomic E-state index is 0.325. The molecule has 1 aromatic rings. The molecule has 0 bridgehead atoms. The fourth-order valence-electron chi connectivity index (χ4n) is 3.37. The molecular formula is C18H30N3S+. The summed E-state index contributed by atoms with van der Waals surface area (Å²) in [7, 11) is 4.54. The van der Waals surface area contributed by atoms with Crippen LogP contribution in [0.15, 0.2) is 18.2 Å². The van der Waals surface area contributed by atoms with Crippen LogP contribution in [0.4, 0.5) is 5.69 Å². The number of thiocarbonyl (C=S) groups is 1. The fourth-order valence-corrected chi connectivity index (χ4v) is 3.55. The lowest BCUT2D eigenvalue weighted by Crippen LogP contribution is -3.16. The van der Waals surface area contributed by atoms with Gasteiger partial charge in [0.2, 0.25) is 0 Å². The molecule has 0 radical (unpaired) electrons. The minimum atomic E-state index is 0.325. The summed E-state index contributed by atoms with van der Waals surface area (Å²) in [5.74, 6) is 0. The maximum Gasteiger partial charge on any atom is 0.171 e. The van der Waals surface area contributed by atoms with Crippen LogP contribution in [0.5, 0.6) is 0 Å². The number of quaternary nitrogens is 1. The summed E-state index contributed by atoms with van der Waals surface area (Å²) in [5, 5.41) is 7.56. The Labute approximate surface area is 140 Å². The summed E-state index contributed by atoms with van der Waals surface area (Å²) >= 11 is 5.51. The lowest BCUT2D eigenvalue weighted by molar-refractivity contribution is -0.916. The Bertz CT molecular complexity index is 519. The van der Waals surface area contributed by atoms with Crippen molar-refractivity contribution in [2.75, 3.05) is 26.0 Å². The van der Waals surface area contributed by atoms with Gasteiger partial charge in [-0.1, -0.05) is 18.6 Å². The number of likely N-dealkylation sites (N-methyl/N-ethyl adjacent to an activating group) is 1. The molecule has 0 atom stereocenters. The van der Waals surface area contributed by atoms with Gasteiger partial charge in [0, 0.05) is 18.5 Å². The van der Waals surface area contributed by atoms with Crippen LogP contribution < -0.4 is 15.5 Å². The van der Waals surface area contributed by atoms with Gasteiger partial charge in [-0.15, -0.1) is 0 Å². The third-order valence-electron chi connectivity index (χ3n) is 5.10. The second kappa shape index (κ2) is 7.42. The lowest BCUT2D eigenvalue weighted by atomic mass is 9.80. The van der Waals surface area contributed by atoms with Crippen LogP contribution in [0.25, 0.3) is 0 Å². The van der Waals surface area contributed by atoms with E-state index in [0.717, 1.165) is 17.3 Å². The molecule has 3 nitrogen and oxygen atoms in total. The molecule has 1 aromatic carbocycles. The predicted octanol–water partition coefficient (Wildman–Crippen LogP) is 2.44. The van der Waals surface area contributed by atoms with Crippen LogP contribution in [0.1, 0.15) is 43.2 Å². The van der Waals surface area contributed by atoms with Crippen molar-refractivity contribution in [3.8, 4) is 0 Å². The predicted molar refractivity (Wildman–Crippen MR) is 98.8 cm³/mol. The summed E-state index contributed by atoms with van der Waals surface area (Å²) < 4.78 is 0. The highest BCUT2D eigenvalue weighted by atomic mass is 32.1. The molecule has 0 aliphatic heterocycles.